The van der Waals surface area contributed by atoms with Gasteiger partial charge in [0.25, 0.3) is 0 Å². The first kappa shape index (κ1) is 6.54. The smallest absolute Gasteiger partial charge is 0.206 e. The minimum Gasteiger partial charge on any atom is -0.290 e. The molecule has 1 rings (SSSR count). The highest BCUT2D eigenvalue weighted by Gasteiger charge is 2.11. The normalized spacial score (nSPS) is 17.0. The molecule has 0 aliphatic heterocycles. The summed E-state index contributed by atoms with van der Waals surface area (Å²) < 4.78 is 0. The highest BCUT2D eigenvalue weighted by molar-refractivity contribution is 6.16. The van der Waals surface area contributed by atoms with Crippen LogP contribution in [-0.4, -0.2) is 11.6 Å². The molecule has 0 saturated heterocycles. The van der Waals surface area contributed by atoms with Crippen molar-refractivity contribution in [3.05, 3.63) is 23.9 Å². The summed E-state index contributed by atoms with van der Waals surface area (Å²) >= 11 is 0. The maximum atomic E-state index is 10.6. The van der Waals surface area contributed by atoms with Gasteiger partial charge in [0.05, 0.1) is 0 Å². The highest BCUT2D eigenvalue weighted by atomic mass is 16.1. The van der Waals surface area contributed by atoms with Gasteiger partial charge in [-0.05, 0) is 12.2 Å². The lowest BCUT2D eigenvalue weighted by atomic mass is 10.1. The summed E-state index contributed by atoms with van der Waals surface area (Å²) in [5, 5.41) is 2.87. The Hall–Kier alpha value is -1.58. The molecule has 0 atom stereocenters. The molecule has 50 valence electrons. The first-order valence-corrected chi connectivity index (χ1v) is 2.59. The Morgan fingerprint density at radius 3 is 2.50 bits per heavy atom. The van der Waals surface area contributed by atoms with Gasteiger partial charge in [-0.2, -0.15) is 5.11 Å². The molecule has 0 aromatic heterocycles. The van der Waals surface area contributed by atoms with Crippen molar-refractivity contribution in [3.63, 3.8) is 0 Å². The van der Waals surface area contributed by atoms with Gasteiger partial charge in [0.2, 0.25) is 5.78 Å². The molecule has 0 heterocycles. The van der Waals surface area contributed by atoms with E-state index in [-0.39, 0.29) is 11.5 Å². The first-order chi connectivity index (χ1) is 4.74. The van der Waals surface area contributed by atoms with Crippen LogP contribution >= 0.6 is 0 Å². The Morgan fingerprint density at radius 1 is 1.30 bits per heavy atom. The number of allylic oxidation sites excluding steroid dienone is 3. The Morgan fingerprint density at radius 2 is 2.00 bits per heavy atom. The molecular weight excluding hydrogens is 132 g/mol. The minimum atomic E-state index is -0.394. The molecular formula is C6H4N2O2. The first-order valence-electron chi connectivity index (χ1n) is 2.59. The van der Waals surface area contributed by atoms with E-state index in [9.17, 15) is 9.59 Å². The molecule has 0 spiro atoms. The summed E-state index contributed by atoms with van der Waals surface area (Å²) in [7, 11) is 0. The van der Waals surface area contributed by atoms with Crippen LogP contribution in [0.25, 0.3) is 0 Å². The summed E-state index contributed by atoms with van der Waals surface area (Å²) in [6.45, 7) is 0. The maximum absolute atomic E-state index is 10.6. The number of hydrogen-bond acceptors (Lipinski definition) is 4. The van der Waals surface area contributed by atoms with E-state index < -0.39 is 5.78 Å². The van der Waals surface area contributed by atoms with E-state index in [4.69, 9.17) is 5.53 Å². The average Bonchev–Trinajstić information content (AvgIpc) is 1.94. The third-order valence-electron chi connectivity index (χ3n) is 1.05. The molecule has 0 bridgehead atoms. The minimum absolute atomic E-state index is 0.104. The molecule has 1 N–H and O–H groups in total. The molecule has 4 heteroatoms. The van der Waals surface area contributed by atoms with Crippen LogP contribution < -0.4 is 0 Å². The van der Waals surface area contributed by atoms with Gasteiger partial charge in [-0.1, -0.05) is 0 Å². The Bertz CT molecular complexity index is 263. The fourth-order valence-electron chi connectivity index (χ4n) is 0.585. The second kappa shape index (κ2) is 2.34. The van der Waals surface area contributed by atoms with Crippen LogP contribution in [0, 0.1) is 5.53 Å². The van der Waals surface area contributed by atoms with E-state index >= 15 is 0 Å². The van der Waals surface area contributed by atoms with Crippen molar-refractivity contribution in [2.45, 2.75) is 0 Å². The number of hydrogen-bond donors (Lipinski definition) is 1. The van der Waals surface area contributed by atoms with E-state index in [1.807, 2.05) is 0 Å². The second-order valence-corrected chi connectivity index (χ2v) is 1.74. The monoisotopic (exact) mass is 136 g/mol. The molecule has 0 saturated carbocycles. The van der Waals surface area contributed by atoms with Crippen molar-refractivity contribution in [1.29, 1.82) is 5.53 Å². The summed E-state index contributed by atoms with van der Waals surface area (Å²) in [5.74, 6) is -0.694. The van der Waals surface area contributed by atoms with Crippen molar-refractivity contribution in [1.82, 2.24) is 0 Å². The molecule has 0 amide bonds. The van der Waals surface area contributed by atoms with E-state index in [2.05, 4.69) is 5.11 Å². The van der Waals surface area contributed by atoms with Crippen LogP contribution in [0.15, 0.2) is 29.0 Å². The SMILES string of the molecule is N=NC1=CC(=O)C=CC1=O. The van der Waals surface area contributed by atoms with Gasteiger partial charge in [-0.3, -0.25) is 9.59 Å². The fourth-order valence-corrected chi connectivity index (χ4v) is 0.585. The lowest BCUT2D eigenvalue weighted by molar-refractivity contribution is -0.114. The maximum Gasteiger partial charge on any atom is 0.206 e. The van der Waals surface area contributed by atoms with Crippen LogP contribution in [-0.2, 0) is 9.59 Å². The standard InChI is InChI=1S/C6H4N2O2/c7-8-5-3-4(9)1-2-6(5)10/h1-3,7H. The number of nitrogens with zero attached hydrogens (tertiary/aromatic N) is 1. The number of nitrogens with one attached hydrogen (secondary N) is 1. The highest BCUT2D eigenvalue weighted by Crippen LogP contribution is 2.04. The molecule has 10 heavy (non-hydrogen) atoms. The van der Waals surface area contributed by atoms with Crippen LogP contribution in [0.4, 0.5) is 0 Å². The average molecular weight is 136 g/mol. The predicted molar refractivity (Wildman–Crippen MR) is 32.4 cm³/mol. The number of ketones is 2. The van der Waals surface area contributed by atoms with Crippen molar-refractivity contribution >= 4 is 11.6 Å². The molecule has 0 fully saturated rings. The summed E-state index contributed by atoms with van der Waals surface area (Å²) in [6, 6.07) is 0. The van der Waals surface area contributed by atoms with Crippen molar-refractivity contribution in [3.8, 4) is 0 Å². The third-order valence-corrected chi connectivity index (χ3v) is 1.05. The van der Waals surface area contributed by atoms with E-state index in [0.717, 1.165) is 18.2 Å². The zero-order chi connectivity index (χ0) is 7.56. The Labute approximate surface area is 56.7 Å². The molecule has 0 aromatic carbocycles. The van der Waals surface area contributed by atoms with Gasteiger partial charge in [0.1, 0.15) is 5.70 Å². The van der Waals surface area contributed by atoms with Gasteiger partial charge >= 0.3 is 0 Å². The molecule has 1 aliphatic carbocycles. The van der Waals surface area contributed by atoms with Gasteiger partial charge in [-0.15, -0.1) is 0 Å². The number of carbonyl (C=O) groups is 2. The largest absolute Gasteiger partial charge is 0.290 e. The van der Waals surface area contributed by atoms with Gasteiger partial charge in [0, 0.05) is 6.08 Å². The Kier molecular flexibility index (Phi) is 1.53. The number of carbonyl (C=O) groups excluding carboxylic acids is 2. The van der Waals surface area contributed by atoms with Crippen LogP contribution in [0.2, 0.25) is 0 Å². The lowest BCUT2D eigenvalue weighted by Gasteiger charge is -1.96. The quantitative estimate of drug-likeness (QED) is 0.423. The molecule has 4 nitrogen and oxygen atoms in total. The summed E-state index contributed by atoms with van der Waals surface area (Å²) in [5.41, 5.74) is 6.36. The fraction of sp³-hybridized carbons (Fsp3) is 0. The lowest BCUT2D eigenvalue weighted by Crippen LogP contribution is -2.04. The predicted octanol–water partition coefficient (Wildman–Crippen LogP) is 0.609. The Balaban J connectivity index is 3.00. The van der Waals surface area contributed by atoms with Gasteiger partial charge in [0.15, 0.2) is 5.78 Å². The topological polar surface area (TPSA) is 70.3 Å². The van der Waals surface area contributed by atoms with Gasteiger partial charge in [-0.25, -0.2) is 5.53 Å². The third kappa shape index (κ3) is 1.05. The van der Waals surface area contributed by atoms with Crippen molar-refractivity contribution in [2.75, 3.05) is 0 Å². The molecule has 0 aromatic rings. The van der Waals surface area contributed by atoms with E-state index in [0.29, 0.717) is 0 Å². The molecule has 0 radical (unpaired) electrons. The van der Waals surface area contributed by atoms with Crippen molar-refractivity contribution < 1.29 is 9.59 Å². The van der Waals surface area contributed by atoms with Gasteiger partial charge < -0.3 is 0 Å². The second-order valence-electron chi connectivity index (χ2n) is 1.74. The van der Waals surface area contributed by atoms with E-state index in [1.54, 1.807) is 0 Å². The molecule has 1 aliphatic rings. The summed E-state index contributed by atoms with van der Waals surface area (Å²) in [6.07, 6.45) is 3.29. The van der Waals surface area contributed by atoms with Crippen LogP contribution in [0.5, 0.6) is 0 Å². The zero-order valence-corrected chi connectivity index (χ0v) is 5.00. The summed E-state index contributed by atoms with van der Waals surface area (Å²) in [4.78, 5) is 21.2. The van der Waals surface area contributed by atoms with Crippen LogP contribution in [0.3, 0.4) is 0 Å². The number of rotatable bonds is 1. The molecule has 0 unspecified atom stereocenters. The van der Waals surface area contributed by atoms with Crippen LogP contribution in [0.1, 0.15) is 0 Å². The van der Waals surface area contributed by atoms with Crippen molar-refractivity contribution in [2.24, 2.45) is 5.11 Å². The zero-order valence-electron chi connectivity index (χ0n) is 5.00. The van der Waals surface area contributed by atoms with E-state index in [1.165, 1.54) is 0 Å².